The molecule has 4 heteroatoms. The quantitative estimate of drug-likeness (QED) is 0.364. The molecule has 18 heavy (non-hydrogen) atoms. The van der Waals surface area contributed by atoms with Crippen LogP contribution in [0, 0.1) is 13.8 Å². The van der Waals surface area contributed by atoms with Gasteiger partial charge >= 0.3 is 0 Å². The lowest BCUT2D eigenvalue weighted by Crippen LogP contribution is -2.38. The Kier molecular flexibility index (Phi) is 5.16. The van der Waals surface area contributed by atoms with Crippen LogP contribution in [-0.4, -0.2) is 28.5 Å². The number of amidine groups is 1. The van der Waals surface area contributed by atoms with Gasteiger partial charge in [0.15, 0.2) is 5.84 Å². The van der Waals surface area contributed by atoms with Gasteiger partial charge in [-0.2, -0.15) is 0 Å². The minimum Gasteiger partial charge on any atom is -0.409 e. The molecule has 0 spiro atoms. The molecular weight excluding hydrogens is 226 g/mol. The number of hydrogen-bond acceptors (Lipinski definition) is 3. The molecule has 100 valence electrons. The molecule has 0 atom stereocenters. The second-order valence-corrected chi connectivity index (χ2v) is 5.01. The van der Waals surface area contributed by atoms with Crippen LogP contribution in [0.5, 0.6) is 0 Å². The predicted octanol–water partition coefficient (Wildman–Crippen LogP) is 2.26. The minimum atomic E-state index is 0.243. The average Bonchev–Trinajstić information content (AvgIpc) is 2.32. The van der Waals surface area contributed by atoms with Gasteiger partial charge in [-0.15, -0.1) is 0 Å². The summed E-state index contributed by atoms with van der Waals surface area (Å²) in [6, 6.07) is 6.79. The van der Waals surface area contributed by atoms with Crippen molar-refractivity contribution in [3.8, 4) is 0 Å². The standard InChI is InChI=1S/C14H23N3O/c1-10(2)17(9-14(15)16-18)8-13-6-5-11(3)12(4)7-13/h5-7,10,18H,8-9H2,1-4H3,(H2,15,16). The summed E-state index contributed by atoms with van der Waals surface area (Å²) < 4.78 is 0. The molecule has 0 aliphatic rings. The van der Waals surface area contributed by atoms with Gasteiger partial charge < -0.3 is 10.9 Å². The van der Waals surface area contributed by atoms with Crippen LogP contribution < -0.4 is 5.73 Å². The fraction of sp³-hybridized carbons (Fsp3) is 0.500. The number of oxime groups is 1. The van der Waals surface area contributed by atoms with Crippen molar-refractivity contribution >= 4 is 5.84 Å². The Hall–Kier alpha value is -1.55. The van der Waals surface area contributed by atoms with Crippen LogP contribution in [0.2, 0.25) is 0 Å². The Balaban J connectivity index is 2.80. The summed E-state index contributed by atoms with van der Waals surface area (Å²) in [5.74, 6) is 0.243. The summed E-state index contributed by atoms with van der Waals surface area (Å²) in [6.07, 6.45) is 0. The first-order valence-electron chi connectivity index (χ1n) is 6.20. The van der Waals surface area contributed by atoms with Crippen molar-refractivity contribution in [2.75, 3.05) is 6.54 Å². The summed E-state index contributed by atoms with van der Waals surface area (Å²) in [5.41, 5.74) is 9.41. The lowest BCUT2D eigenvalue weighted by atomic mass is 10.1. The minimum absolute atomic E-state index is 0.243. The van der Waals surface area contributed by atoms with Crippen molar-refractivity contribution in [2.24, 2.45) is 10.9 Å². The van der Waals surface area contributed by atoms with Crippen molar-refractivity contribution < 1.29 is 5.21 Å². The number of aryl methyl sites for hydroxylation is 2. The van der Waals surface area contributed by atoms with Gasteiger partial charge in [-0.1, -0.05) is 23.4 Å². The zero-order valence-electron chi connectivity index (χ0n) is 11.6. The van der Waals surface area contributed by atoms with Crippen LogP contribution in [0.1, 0.15) is 30.5 Å². The molecule has 0 unspecified atom stereocenters. The van der Waals surface area contributed by atoms with Crippen molar-refractivity contribution in [3.63, 3.8) is 0 Å². The van der Waals surface area contributed by atoms with E-state index in [9.17, 15) is 0 Å². The Bertz CT molecular complexity index is 427. The topological polar surface area (TPSA) is 61.8 Å². The molecule has 0 saturated carbocycles. The largest absolute Gasteiger partial charge is 0.409 e. The van der Waals surface area contributed by atoms with Crippen molar-refractivity contribution in [1.29, 1.82) is 0 Å². The van der Waals surface area contributed by atoms with E-state index in [4.69, 9.17) is 10.9 Å². The first-order valence-corrected chi connectivity index (χ1v) is 6.20. The molecule has 0 bridgehead atoms. The highest BCUT2D eigenvalue weighted by Gasteiger charge is 2.12. The number of benzene rings is 1. The fourth-order valence-corrected chi connectivity index (χ4v) is 1.80. The zero-order valence-corrected chi connectivity index (χ0v) is 11.6. The number of rotatable bonds is 5. The maximum atomic E-state index is 8.65. The van der Waals surface area contributed by atoms with E-state index in [0.717, 1.165) is 6.54 Å². The monoisotopic (exact) mass is 249 g/mol. The highest BCUT2D eigenvalue weighted by atomic mass is 16.4. The Morgan fingerprint density at radius 2 is 2.00 bits per heavy atom. The van der Waals surface area contributed by atoms with Gasteiger partial charge in [0.2, 0.25) is 0 Å². The first kappa shape index (κ1) is 14.5. The fourth-order valence-electron chi connectivity index (χ4n) is 1.80. The van der Waals surface area contributed by atoms with E-state index in [-0.39, 0.29) is 5.84 Å². The molecule has 0 heterocycles. The maximum Gasteiger partial charge on any atom is 0.153 e. The number of nitrogens with zero attached hydrogens (tertiary/aromatic N) is 2. The van der Waals surface area contributed by atoms with Crippen LogP contribution in [0.3, 0.4) is 0 Å². The van der Waals surface area contributed by atoms with Gasteiger partial charge in [-0.3, -0.25) is 4.90 Å². The number of nitrogens with two attached hydrogens (primary N) is 1. The molecule has 0 aliphatic heterocycles. The summed E-state index contributed by atoms with van der Waals surface area (Å²) in [7, 11) is 0. The van der Waals surface area contributed by atoms with E-state index < -0.39 is 0 Å². The first-order chi connectivity index (χ1) is 8.43. The SMILES string of the molecule is Cc1ccc(CN(CC(N)=NO)C(C)C)cc1C. The van der Waals surface area contributed by atoms with Crippen LogP contribution in [0.15, 0.2) is 23.4 Å². The highest BCUT2D eigenvalue weighted by molar-refractivity contribution is 5.81. The summed E-state index contributed by atoms with van der Waals surface area (Å²) >= 11 is 0. The average molecular weight is 249 g/mol. The summed E-state index contributed by atoms with van der Waals surface area (Å²) in [5, 5.41) is 11.7. The summed E-state index contributed by atoms with van der Waals surface area (Å²) in [6.45, 7) is 9.70. The van der Waals surface area contributed by atoms with Crippen LogP contribution in [-0.2, 0) is 6.54 Å². The molecule has 0 aliphatic carbocycles. The molecule has 3 N–H and O–H groups in total. The van der Waals surface area contributed by atoms with Crippen molar-refractivity contribution in [2.45, 2.75) is 40.3 Å². The normalized spacial score (nSPS) is 12.4. The molecular formula is C14H23N3O. The molecule has 1 rings (SSSR count). The van der Waals surface area contributed by atoms with Crippen LogP contribution in [0.4, 0.5) is 0 Å². The van der Waals surface area contributed by atoms with E-state index in [2.05, 4.69) is 55.9 Å². The van der Waals surface area contributed by atoms with Gasteiger partial charge in [-0.25, -0.2) is 0 Å². The molecule has 0 saturated heterocycles. The van der Waals surface area contributed by atoms with Gasteiger partial charge in [0.1, 0.15) is 0 Å². The molecule has 0 radical (unpaired) electrons. The van der Waals surface area contributed by atoms with Gasteiger partial charge in [-0.05, 0) is 44.4 Å². The third-order valence-electron chi connectivity index (χ3n) is 3.18. The molecule has 0 fully saturated rings. The Morgan fingerprint density at radius 3 is 2.50 bits per heavy atom. The van der Waals surface area contributed by atoms with E-state index in [1.807, 2.05) is 0 Å². The predicted molar refractivity (Wildman–Crippen MR) is 74.9 cm³/mol. The number of hydrogen-bond donors (Lipinski definition) is 2. The highest BCUT2D eigenvalue weighted by Crippen LogP contribution is 2.13. The van der Waals surface area contributed by atoms with Crippen LogP contribution >= 0.6 is 0 Å². The second kappa shape index (κ2) is 6.40. The lowest BCUT2D eigenvalue weighted by molar-refractivity contribution is 0.238. The van der Waals surface area contributed by atoms with E-state index in [1.165, 1.54) is 16.7 Å². The smallest absolute Gasteiger partial charge is 0.153 e. The van der Waals surface area contributed by atoms with Gasteiger partial charge in [0.25, 0.3) is 0 Å². The van der Waals surface area contributed by atoms with Crippen molar-refractivity contribution in [3.05, 3.63) is 34.9 Å². The van der Waals surface area contributed by atoms with Crippen LogP contribution in [0.25, 0.3) is 0 Å². The molecule has 0 amide bonds. The third kappa shape index (κ3) is 4.04. The second-order valence-electron chi connectivity index (χ2n) is 5.01. The van der Waals surface area contributed by atoms with E-state index >= 15 is 0 Å². The lowest BCUT2D eigenvalue weighted by Gasteiger charge is -2.26. The molecule has 4 nitrogen and oxygen atoms in total. The van der Waals surface area contributed by atoms with E-state index in [1.54, 1.807) is 0 Å². The van der Waals surface area contributed by atoms with Gasteiger partial charge in [0.05, 0.1) is 6.54 Å². The molecule has 1 aromatic carbocycles. The summed E-state index contributed by atoms with van der Waals surface area (Å²) in [4.78, 5) is 2.17. The zero-order chi connectivity index (χ0) is 13.7. The Morgan fingerprint density at radius 1 is 1.33 bits per heavy atom. The molecule has 0 aromatic heterocycles. The third-order valence-corrected chi connectivity index (χ3v) is 3.18. The Labute approximate surface area is 109 Å². The van der Waals surface area contributed by atoms with Crippen molar-refractivity contribution in [1.82, 2.24) is 4.90 Å². The maximum absolute atomic E-state index is 8.65. The van der Waals surface area contributed by atoms with E-state index in [0.29, 0.717) is 12.6 Å². The van der Waals surface area contributed by atoms with Gasteiger partial charge in [0, 0.05) is 12.6 Å². The molecule has 1 aromatic rings.